The number of fused-ring (bicyclic) bond motifs is 1. The van der Waals surface area contributed by atoms with E-state index in [2.05, 4.69) is 27.9 Å². The monoisotopic (exact) mass is 313 g/mol. The van der Waals surface area contributed by atoms with Crippen molar-refractivity contribution in [1.29, 1.82) is 0 Å². The van der Waals surface area contributed by atoms with Gasteiger partial charge in [0, 0.05) is 17.6 Å². The molecule has 0 aliphatic rings. The predicted octanol–water partition coefficient (Wildman–Crippen LogP) is 5.25. The maximum atomic E-state index is 4.48. The van der Waals surface area contributed by atoms with Crippen molar-refractivity contribution in [1.82, 2.24) is 9.97 Å². The average molecular weight is 313 g/mol. The van der Waals surface area contributed by atoms with Gasteiger partial charge >= 0.3 is 0 Å². The highest BCUT2D eigenvalue weighted by Crippen LogP contribution is 2.20. The maximum absolute atomic E-state index is 4.48. The van der Waals surface area contributed by atoms with Gasteiger partial charge in [0.2, 0.25) is 0 Å². The average Bonchev–Trinajstić information content (AvgIpc) is 2.59. The van der Waals surface area contributed by atoms with E-state index in [1.807, 2.05) is 69.3 Å². The number of aromatic nitrogens is 2. The number of anilines is 2. The molecule has 4 heteroatoms. The Morgan fingerprint density at radius 2 is 1.55 bits per heavy atom. The van der Waals surface area contributed by atoms with E-state index in [4.69, 9.17) is 0 Å². The van der Waals surface area contributed by atoms with Crippen LogP contribution in [0.15, 0.2) is 54.7 Å². The molecule has 0 aliphatic carbocycles. The fourth-order valence-corrected chi connectivity index (χ4v) is 1.87. The standard InChI is InChI=1S/C15H13N3.C2H6.CH4S/c1-11-10-16-14-8-7-13(9-15(14)17-11)18-12-5-3-2-4-6-12;2*1-2/h2-10,18H,1H3;1-2H3;2H,1H3. The van der Waals surface area contributed by atoms with Crippen molar-refractivity contribution >= 4 is 35.0 Å². The number of rotatable bonds is 2. The minimum atomic E-state index is 0.913. The summed E-state index contributed by atoms with van der Waals surface area (Å²) in [7, 11) is 0. The molecule has 0 saturated carbocycles. The summed E-state index contributed by atoms with van der Waals surface area (Å²) in [6.45, 7) is 5.95. The van der Waals surface area contributed by atoms with Crippen molar-refractivity contribution in [2.24, 2.45) is 0 Å². The van der Waals surface area contributed by atoms with Crippen molar-refractivity contribution < 1.29 is 0 Å². The molecule has 0 aliphatic heterocycles. The smallest absolute Gasteiger partial charge is 0.0910 e. The van der Waals surface area contributed by atoms with Gasteiger partial charge in [-0.15, -0.1) is 0 Å². The third-order valence-corrected chi connectivity index (χ3v) is 2.73. The molecule has 1 heterocycles. The number of benzene rings is 2. The van der Waals surface area contributed by atoms with E-state index >= 15 is 0 Å². The molecule has 22 heavy (non-hydrogen) atoms. The minimum Gasteiger partial charge on any atom is -0.355 e. The van der Waals surface area contributed by atoms with Crippen LogP contribution >= 0.6 is 12.6 Å². The lowest BCUT2D eigenvalue weighted by atomic mass is 10.2. The number of hydrogen-bond donors (Lipinski definition) is 2. The SMILES string of the molecule is CC.CS.Cc1cnc2ccc(Nc3ccccc3)cc2n1. The fourth-order valence-electron chi connectivity index (χ4n) is 1.87. The van der Waals surface area contributed by atoms with Gasteiger partial charge in [0.05, 0.1) is 16.7 Å². The number of aryl methyl sites for hydroxylation is 1. The summed E-state index contributed by atoms with van der Waals surface area (Å²) >= 11 is 3.53. The number of hydrogen-bond acceptors (Lipinski definition) is 4. The van der Waals surface area contributed by atoms with E-state index in [1.165, 1.54) is 0 Å². The highest BCUT2D eigenvalue weighted by molar-refractivity contribution is 7.79. The summed E-state index contributed by atoms with van der Waals surface area (Å²) in [6.07, 6.45) is 3.48. The quantitative estimate of drug-likeness (QED) is 0.634. The molecule has 1 aromatic heterocycles. The first-order valence-corrected chi connectivity index (χ1v) is 8.21. The Hall–Kier alpha value is -2.07. The molecular weight excluding hydrogens is 290 g/mol. The van der Waals surface area contributed by atoms with Crippen LogP contribution in [-0.4, -0.2) is 16.2 Å². The Balaban J connectivity index is 0.000000561. The highest BCUT2D eigenvalue weighted by Gasteiger charge is 1.99. The Bertz CT molecular complexity index is 684. The van der Waals surface area contributed by atoms with Gasteiger partial charge < -0.3 is 5.32 Å². The molecule has 3 aromatic rings. The summed E-state index contributed by atoms with van der Waals surface area (Å²) in [6, 6.07) is 16.1. The van der Waals surface area contributed by atoms with Gasteiger partial charge in [-0.3, -0.25) is 4.98 Å². The van der Waals surface area contributed by atoms with Crippen molar-refractivity contribution in [3.05, 3.63) is 60.4 Å². The Morgan fingerprint density at radius 1 is 0.864 bits per heavy atom. The molecule has 1 N–H and O–H groups in total. The molecule has 0 radical (unpaired) electrons. The van der Waals surface area contributed by atoms with E-state index in [1.54, 1.807) is 12.5 Å². The molecule has 116 valence electrons. The molecule has 3 nitrogen and oxygen atoms in total. The third kappa shape index (κ3) is 5.04. The number of thiol groups is 1. The number of nitrogens with one attached hydrogen (secondary N) is 1. The van der Waals surface area contributed by atoms with Crippen LogP contribution < -0.4 is 5.32 Å². The van der Waals surface area contributed by atoms with E-state index < -0.39 is 0 Å². The van der Waals surface area contributed by atoms with Crippen LogP contribution in [-0.2, 0) is 0 Å². The molecule has 0 bridgehead atoms. The molecule has 0 unspecified atom stereocenters. The lowest BCUT2D eigenvalue weighted by Crippen LogP contribution is -1.92. The number of para-hydroxylation sites is 1. The summed E-state index contributed by atoms with van der Waals surface area (Å²) < 4.78 is 0. The summed E-state index contributed by atoms with van der Waals surface area (Å²) in [4.78, 5) is 8.81. The summed E-state index contributed by atoms with van der Waals surface area (Å²) in [5.74, 6) is 0. The summed E-state index contributed by atoms with van der Waals surface area (Å²) in [5, 5.41) is 3.35. The molecule has 0 fully saturated rings. The van der Waals surface area contributed by atoms with Gasteiger partial charge in [-0.1, -0.05) is 32.0 Å². The van der Waals surface area contributed by atoms with Crippen LogP contribution in [0.1, 0.15) is 19.5 Å². The maximum Gasteiger partial charge on any atom is 0.0910 e. The first-order valence-electron chi connectivity index (χ1n) is 7.31. The van der Waals surface area contributed by atoms with Gasteiger partial charge in [-0.2, -0.15) is 12.6 Å². The highest BCUT2D eigenvalue weighted by atomic mass is 32.1. The van der Waals surface area contributed by atoms with Gasteiger partial charge in [-0.25, -0.2) is 4.98 Å². The van der Waals surface area contributed by atoms with E-state index in [0.29, 0.717) is 0 Å². The second kappa shape index (κ2) is 9.79. The zero-order chi connectivity index (χ0) is 16.4. The molecule has 0 amide bonds. The second-order valence-electron chi connectivity index (χ2n) is 4.21. The van der Waals surface area contributed by atoms with Gasteiger partial charge in [0.25, 0.3) is 0 Å². The molecule has 2 aromatic carbocycles. The second-order valence-corrected chi connectivity index (χ2v) is 4.21. The molecule has 0 saturated heterocycles. The zero-order valence-corrected chi connectivity index (χ0v) is 14.4. The van der Waals surface area contributed by atoms with Crippen LogP contribution in [0.5, 0.6) is 0 Å². The van der Waals surface area contributed by atoms with Crippen LogP contribution in [0.25, 0.3) is 11.0 Å². The van der Waals surface area contributed by atoms with E-state index in [-0.39, 0.29) is 0 Å². The molecular formula is C18H23N3S. The van der Waals surface area contributed by atoms with Gasteiger partial charge in [-0.05, 0) is 43.5 Å². The van der Waals surface area contributed by atoms with Crippen molar-refractivity contribution in [2.75, 3.05) is 11.6 Å². The Morgan fingerprint density at radius 3 is 2.23 bits per heavy atom. The predicted molar refractivity (Wildman–Crippen MR) is 100 cm³/mol. The zero-order valence-electron chi connectivity index (χ0n) is 13.5. The minimum absolute atomic E-state index is 0.913. The Labute approximate surface area is 138 Å². The largest absolute Gasteiger partial charge is 0.355 e. The molecule has 0 atom stereocenters. The van der Waals surface area contributed by atoms with Gasteiger partial charge in [0.1, 0.15) is 0 Å². The van der Waals surface area contributed by atoms with Gasteiger partial charge in [0.15, 0.2) is 0 Å². The lowest BCUT2D eigenvalue weighted by molar-refractivity contribution is 1.18. The lowest BCUT2D eigenvalue weighted by Gasteiger charge is -2.07. The summed E-state index contributed by atoms with van der Waals surface area (Å²) in [5.41, 5.74) is 4.85. The molecule has 0 spiro atoms. The van der Waals surface area contributed by atoms with E-state index in [9.17, 15) is 0 Å². The van der Waals surface area contributed by atoms with E-state index in [0.717, 1.165) is 28.1 Å². The first kappa shape index (κ1) is 18.0. The van der Waals surface area contributed by atoms with Crippen LogP contribution in [0.3, 0.4) is 0 Å². The normalized spacial score (nSPS) is 9.14. The van der Waals surface area contributed by atoms with Crippen LogP contribution in [0.2, 0.25) is 0 Å². The first-order chi connectivity index (χ1) is 10.8. The van der Waals surface area contributed by atoms with Crippen molar-refractivity contribution in [3.63, 3.8) is 0 Å². The van der Waals surface area contributed by atoms with Crippen molar-refractivity contribution in [3.8, 4) is 0 Å². The fraction of sp³-hybridized carbons (Fsp3) is 0.222. The molecule has 3 rings (SSSR count). The van der Waals surface area contributed by atoms with Crippen molar-refractivity contribution in [2.45, 2.75) is 20.8 Å². The topological polar surface area (TPSA) is 37.8 Å². The third-order valence-electron chi connectivity index (χ3n) is 2.73. The van der Waals surface area contributed by atoms with Crippen LogP contribution in [0, 0.1) is 6.92 Å². The number of nitrogens with zero attached hydrogens (tertiary/aromatic N) is 2. The van der Waals surface area contributed by atoms with Crippen LogP contribution in [0.4, 0.5) is 11.4 Å². The Kier molecular flexibility index (Phi) is 8.00.